The van der Waals surface area contributed by atoms with Crippen LogP contribution < -0.4 is 0 Å². The van der Waals surface area contributed by atoms with Crippen molar-refractivity contribution in [3.05, 3.63) is 41.3 Å². The SMILES string of the molecule is C=COCCC=C(C(=O)O)c1cccs1. The van der Waals surface area contributed by atoms with Crippen molar-refractivity contribution >= 4 is 22.9 Å². The fourth-order valence-corrected chi connectivity index (χ4v) is 1.84. The van der Waals surface area contributed by atoms with Crippen LogP contribution in [-0.4, -0.2) is 17.7 Å². The van der Waals surface area contributed by atoms with Gasteiger partial charge in [0.15, 0.2) is 0 Å². The van der Waals surface area contributed by atoms with E-state index < -0.39 is 5.97 Å². The van der Waals surface area contributed by atoms with Crippen LogP contribution in [0.5, 0.6) is 0 Å². The van der Waals surface area contributed by atoms with Crippen molar-refractivity contribution < 1.29 is 14.6 Å². The molecule has 0 unspecified atom stereocenters. The van der Waals surface area contributed by atoms with Crippen molar-refractivity contribution in [1.29, 1.82) is 0 Å². The lowest BCUT2D eigenvalue weighted by Crippen LogP contribution is -1.98. The zero-order valence-electron chi connectivity index (χ0n) is 8.18. The molecule has 0 saturated heterocycles. The van der Waals surface area contributed by atoms with Crippen LogP contribution in [0.25, 0.3) is 5.57 Å². The molecule has 1 aromatic rings. The summed E-state index contributed by atoms with van der Waals surface area (Å²) in [5, 5.41) is 10.8. The second kappa shape index (κ2) is 6.03. The molecule has 1 rings (SSSR count). The molecule has 0 atom stereocenters. The Morgan fingerprint density at radius 2 is 2.47 bits per heavy atom. The zero-order chi connectivity index (χ0) is 11.1. The van der Waals surface area contributed by atoms with E-state index in [4.69, 9.17) is 9.84 Å². The second-order valence-corrected chi connectivity index (χ2v) is 3.67. The first-order valence-corrected chi connectivity index (χ1v) is 5.33. The van der Waals surface area contributed by atoms with Gasteiger partial charge in [-0.3, -0.25) is 0 Å². The molecule has 0 amide bonds. The maximum atomic E-state index is 10.9. The predicted octanol–water partition coefficient (Wildman–Crippen LogP) is 2.77. The van der Waals surface area contributed by atoms with Gasteiger partial charge in [0, 0.05) is 11.3 Å². The molecule has 80 valence electrons. The van der Waals surface area contributed by atoms with Crippen molar-refractivity contribution in [1.82, 2.24) is 0 Å². The van der Waals surface area contributed by atoms with Gasteiger partial charge in [0.1, 0.15) is 0 Å². The van der Waals surface area contributed by atoms with Crippen molar-refractivity contribution in [3.63, 3.8) is 0 Å². The number of ether oxygens (including phenoxy) is 1. The third kappa shape index (κ3) is 3.59. The third-order valence-electron chi connectivity index (χ3n) is 1.72. The van der Waals surface area contributed by atoms with E-state index >= 15 is 0 Å². The van der Waals surface area contributed by atoms with Gasteiger partial charge >= 0.3 is 5.97 Å². The molecule has 4 heteroatoms. The van der Waals surface area contributed by atoms with Crippen LogP contribution in [0, 0.1) is 0 Å². The molecule has 3 nitrogen and oxygen atoms in total. The molecule has 1 aromatic heterocycles. The fraction of sp³-hybridized carbons (Fsp3) is 0.182. The summed E-state index contributed by atoms with van der Waals surface area (Å²) in [6.45, 7) is 3.86. The number of aliphatic carboxylic acids is 1. The van der Waals surface area contributed by atoms with Crippen molar-refractivity contribution in [3.8, 4) is 0 Å². The Labute approximate surface area is 92.3 Å². The normalized spacial score (nSPS) is 11.1. The number of carboxylic acids is 1. The van der Waals surface area contributed by atoms with Gasteiger partial charge in [0.25, 0.3) is 0 Å². The summed E-state index contributed by atoms with van der Waals surface area (Å²) in [5.41, 5.74) is 0.331. The van der Waals surface area contributed by atoms with Crippen LogP contribution in [0.1, 0.15) is 11.3 Å². The van der Waals surface area contributed by atoms with Gasteiger partial charge in [-0.15, -0.1) is 11.3 Å². The first kappa shape index (κ1) is 11.5. The molecule has 15 heavy (non-hydrogen) atoms. The van der Waals surface area contributed by atoms with Gasteiger partial charge in [0.2, 0.25) is 0 Å². The van der Waals surface area contributed by atoms with Crippen molar-refractivity contribution in [2.45, 2.75) is 6.42 Å². The Kier molecular flexibility index (Phi) is 4.63. The summed E-state index contributed by atoms with van der Waals surface area (Å²) in [6.07, 6.45) is 3.57. The van der Waals surface area contributed by atoms with Crippen LogP contribution in [0.3, 0.4) is 0 Å². The van der Waals surface area contributed by atoms with Gasteiger partial charge < -0.3 is 9.84 Å². The minimum Gasteiger partial charge on any atom is -0.501 e. The van der Waals surface area contributed by atoms with E-state index in [9.17, 15) is 4.79 Å². The quantitative estimate of drug-likeness (QED) is 0.459. The Morgan fingerprint density at radius 3 is 3.00 bits per heavy atom. The second-order valence-electron chi connectivity index (χ2n) is 2.73. The Balaban J connectivity index is 2.66. The van der Waals surface area contributed by atoms with Crippen LogP contribution in [0.2, 0.25) is 0 Å². The zero-order valence-corrected chi connectivity index (χ0v) is 9.00. The molecule has 0 spiro atoms. The summed E-state index contributed by atoms with van der Waals surface area (Å²) >= 11 is 1.41. The molecule has 1 N–H and O–H groups in total. The largest absolute Gasteiger partial charge is 0.501 e. The van der Waals surface area contributed by atoms with Gasteiger partial charge in [0.05, 0.1) is 18.4 Å². The van der Waals surface area contributed by atoms with Crippen LogP contribution in [-0.2, 0) is 9.53 Å². The summed E-state index contributed by atoms with van der Waals surface area (Å²) in [4.78, 5) is 11.7. The van der Waals surface area contributed by atoms with Crippen molar-refractivity contribution in [2.75, 3.05) is 6.61 Å². The first-order chi connectivity index (χ1) is 7.25. The monoisotopic (exact) mass is 224 g/mol. The summed E-state index contributed by atoms with van der Waals surface area (Å²) < 4.78 is 4.91. The topological polar surface area (TPSA) is 46.5 Å². The molecule has 0 bridgehead atoms. The third-order valence-corrected chi connectivity index (χ3v) is 2.62. The Morgan fingerprint density at radius 1 is 1.67 bits per heavy atom. The number of hydrogen-bond acceptors (Lipinski definition) is 3. The van der Waals surface area contributed by atoms with E-state index in [1.54, 1.807) is 12.1 Å². The Hall–Kier alpha value is -1.55. The molecular formula is C11H12O3S. The number of rotatable bonds is 6. The molecular weight excluding hydrogens is 212 g/mol. The molecule has 1 heterocycles. The van der Waals surface area contributed by atoms with Gasteiger partial charge in [-0.05, 0) is 11.4 Å². The highest BCUT2D eigenvalue weighted by Gasteiger charge is 2.10. The molecule has 0 aromatic carbocycles. The maximum absolute atomic E-state index is 10.9. The summed E-state index contributed by atoms with van der Waals surface area (Å²) in [7, 11) is 0. The molecule has 0 fully saturated rings. The summed E-state index contributed by atoms with van der Waals surface area (Å²) in [6, 6.07) is 3.62. The van der Waals surface area contributed by atoms with Gasteiger partial charge in [-0.1, -0.05) is 18.7 Å². The van der Waals surface area contributed by atoms with Crippen LogP contribution in [0.4, 0.5) is 0 Å². The molecule has 0 aliphatic heterocycles. The highest BCUT2D eigenvalue weighted by atomic mass is 32.1. The highest BCUT2D eigenvalue weighted by molar-refractivity contribution is 7.11. The predicted molar refractivity (Wildman–Crippen MR) is 60.7 cm³/mol. The highest BCUT2D eigenvalue weighted by Crippen LogP contribution is 2.20. The lowest BCUT2D eigenvalue weighted by Gasteiger charge is -1.99. The lowest BCUT2D eigenvalue weighted by atomic mass is 10.2. The number of thiophene rings is 1. The number of carbonyl (C=O) groups is 1. The standard InChI is InChI=1S/C11H12O3S/c1-2-14-7-3-5-9(11(12)13)10-6-4-8-15-10/h2,4-6,8H,1,3,7H2,(H,12,13). The molecule has 0 aliphatic rings. The van der Waals surface area contributed by atoms with E-state index in [1.807, 2.05) is 11.4 Å². The lowest BCUT2D eigenvalue weighted by molar-refractivity contribution is -0.130. The van der Waals surface area contributed by atoms with Crippen LogP contribution in [0.15, 0.2) is 36.4 Å². The minimum absolute atomic E-state index is 0.331. The van der Waals surface area contributed by atoms with E-state index in [1.165, 1.54) is 17.6 Å². The average molecular weight is 224 g/mol. The first-order valence-electron chi connectivity index (χ1n) is 4.45. The van der Waals surface area contributed by atoms with E-state index in [0.29, 0.717) is 18.6 Å². The average Bonchev–Trinajstić information content (AvgIpc) is 2.70. The van der Waals surface area contributed by atoms with E-state index in [2.05, 4.69) is 6.58 Å². The van der Waals surface area contributed by atoms with Crippen molar-refractivity contribution in [2.24, 2.45) is 0 Å². The van der Waals surface area contributed by atoms with E-state index in [0.717, 1.165) is 4.88 Å². The maximum Gasteiger partial charge on any atom is 0.336 e. The van der Waals surface area contributed by atoms with Gasteiger partial charge in [-0.25, -0.2) is 4.79 Å². The minimum atomic E-state index is -0.906. The summed E-state index contributed by atoms with van der Waals surface area (Å²) in [5.74, 6) is -0.906. The molecule has 0 aliphatic carbocycles. The number of carboxylic acid groups (broad SMARTS) is 1. The van der Waals surface area contributed by atoms with E-state index in [-0.39, 0.29) is 0 Å². The smallest absolute Gasteiger partial charge is 0.336 e. The number of hydrogen-bond donors (Lipinski definition) is 1. The Bertz CT molecular complexity index is 352. The molecule has 0 saturated carbocycles. The fourth-order valence-electron chi connectivity index (χ4n) is 1.08. The van der Waals surface area contributed by atoms with Gasteiger partial charge in [-0.2, -0.15) is 0 Å². The molecule has 0 radical (unpaired) electrons. The van der Waals surface area contributed by atoms with Crippen LogP contribution >= 0.6 is 11.3 Å².